The molecule has 0 bridgehead atoms. The second kappa shape index (κ2) is 7.07. The number of amides is 1. The Labute approximate surface area is 110 Å². The van der Waals surface area contributed by atoms with Gasteiger partial charge in [-0.25, -0.2) is 0 Å². The molecule has 1 atom stereocenters. The molecule has 0 radical (unpaired) electrons. The van der Waals surface area contributed by atoms with Crippen molar-refractivity contribution in [3.8, 4) is 0 Å². The van der Waals surface area contributed by atoms with Gasteiger partial charge in [-0.2, -0.15) is 0 Å². The van der Waals surface area contributed by atoms with Crippen molar-refractivity contribution in [2.45, 2.75) is 45.2 Å². The molecule has 0 saturated heterocycles. The molecule has 0 aromatic heterocycles. The Morgan fingerprint density at radius 1 is 1.50 bits per heavy atom. The molecular formula is C13H27N3O2. The van der Waals surface area contributed by atoms with Gasteiger partial charge in [0, 0.05) is 25.7 Å². The van der Waals surface area contributed by atoms with Crippen LogP contribution in [0.1, 0.15) is 33.6 Å². The highest BCUT2D eigenvalue weighted by atomic mass is 16.5. The van der Waals surface area contributed by atoms with Crippen LogP contribution in [0.5, 0.6) is 0 Å². The number of rotatable bonds is 10. The van der Waals surface area contributed by atoms with E-state index in [0.717, 1.165) is 32.5 Å². The van der Waals surface area contributed by atoms with Crippen molar-refractivity contribution >= 4 is 5.91 Å². The fourth-order valence-electron chi connectivity index (χ4n) is 2.01. The van der Waals surface area contributed by atoms with E-state index in [1.165, 1.54) is 0 Å². The van der Waals surface area contributed by atoms with Crippen molar-refractivity contribution in [2.75, 3.05) is 32.8 Å². The highest BCUT2D eigenvalue weighted by Gasteiger charge is 2.38. The quantitative estimate of drug-likeness (QED) is 0.554. The lowest BCUT2D eigenvalue weighted by molar-refractivity contribution is -0.124. The Morgan fingerprint density at radius 2 is 2.17 bits per heavy atom. The predicted octanol–water partition coefficient (Wildman–Crippen LogP) is 0.341. The summed E-state index contributed by atoms with van der Waals surface area (Å²) in [6.07, 6.45) is 2.29. The van der Waals surface area contributed by atoms with Crippen molar-refractivity contribution in [2.24, 2.45) is 5.73 Å². The molecule has 1 aliphatic rings. The van der Waals surface area contributed by atoms with E-state index in [0.29, 0.717) is 19.2 Å². The summed E-state index contributed by atoms with van der Waals surface area (Å²) >= 11 is 0. The van der Waals surface area contributed by atoms with E-state index in [4.69, 9.17) is 10.5 Å². The lowest BCUT2D eigenvalue weighted by Crippen LogP contribution is -2.60. The van der Waals surface area contributed by atoms with Gasteiger partial charge in [-0.3, -0.25) is 15.0 Å². The van der Waals surface area contributed by atoms with Gasteiger partial charge in [-0.05, 0) is 33.2 Å². The van der Waals surface area contributed by atoms with E-state index in [9.17, 15) is 4.79 Å². The number of carbonyl (C=O) groups excluding carboxylic acids is 1. The van der Waals surface area contributed by atoms with E-state index >= 15 is 0 Å². The molecule has 18 heavy (non-hydrogen) atoms. The molecule has 0 aromatic rings. The maximum absolute atomic E-state index is 11.7. The molecule has 1 aliphatic carbocycles. The van der Waals surface area contributed by atoms with Crippen molar-refractivity contribution < 1.29 is 9.53 Å². The van der Waals surface area contributed by atoms with Crippen molar-refractivity contribution in [3.05, 3.63) is 0 Å². The second-order valence-corrected chi connectivity index (χ2v) is 5.18. The van der Waals surface area contributed by atoms with Crippen LogP contribution in [0, 0.1) is 0 Å². The summed E-state index contributed by atoms with van der Waals surface area (Å²) in [4.78, 5) is 13.9. The fourth-order valence-corrected chi connectivity index (χ4v) is 2.01. The van der Waals surface area contributed by atoms with Crippen LogP contribution in [-0.2, 0) is 9.53 Å². The number of nitrogens with one attached hydrogen (secondary N) is 1. The highest BCUT2D eigenvalue weighted by molar-refractivity contribution is 5.84. The first kappa shape index (κ1) is 15.4. The minimum atomic E-state index is -0.636. The lowest BCUT2D eigenvalue weighted by Gasteiger charge is -2.33. The zero-order chi connectivity index (χ0) is 13.6. The molecule has 1 unspecified atom stereocenters. The Hall–Kier alpha value is -0.650. The minimum Gasteiger partial charge on any atom is -0.380 e. The summed E-state index contributed by atoms with van der Waals surface area (Å²) in [6, 6.07) is 0.466. The van der Waals surface area contributed by atoms with Crippen LogP contribution in [0.2, 0.25) is 0 Å². The third-order valence-electron chi connectivity index (χ3n) is 3.39. The Kier molecular flexibility index (Phi) is 6.05. The van der Waals surface area contributed by atoms with Crippen LogP contribution in [0.25, 0.3) is 0 Å². The van der Waals surface area contributed by atoms with Crippen molar-refractivity contribution in [3.63, 3.8) is 0 Å². The number of hydrogen-bond acceptors (Lipinski definition) is 4. The van der Waals surface area contributed by atoms with Gasteiger partial charge in [0.15, 0.2) is 0 Å². The SMILES string of the molecule is CCOCCN(CC)CC(C)(NC1CC1)C(N)=O. The van der Waals surface area contributed by atoms with Gasteiger partial charge in [-0.1, -0.05) is 6.92 Å². The largest absolute Gasteiger partial charge is 0.380 e. The van der Waals surface area contributed by atoms with Crippen LogP contribution in [0.4, 0.5) is 0 Å². The van der Waals surface area contributed by atoms with Crippen LogP contribution < -0.4 is 11.1 Å². The van der Waals surface area contributed by atoms with Crippen LogP contribution in [0.3, 0.4) is 0 Å². The molecule has 1 fully saturated rings. The zero-order valence-electron chi connectivity index (χ0n) is 11.9. The Balaban J connectivity index is 2.48. The first-order chi connectivity index (χ1) is 8.51. The molecule has 5 heteroatoms. The smallest absolute Gasteiger partial charge is 0.238 e. The average molecular weight is 257 g/mol. The molecule has 0 aromatic carbocycles. The Morgan fingerprint density at radius 3 is 2.61 bits per heavy atom. The summed E-state index contributed by atoms with van der Waals surface area (Å²) in [5.74, 6) is -0.274. The first-order valence-corrected chi connectivity index (χ1v) is 6.89. The van der Waals surface area contributed by atoms with Gasteiger partial charge in [-0.15, -0.1) is 0 Å². The van der Waals surface area contributed by atoms with Crippen LogP contribution >= 0.6 is 0 Å². The zero-order valence-corrected chi connectivity index (χ0v) is 11.9. The first-order valence-electron chi connectivity index (χ1n) is 6.89. The molecule has 3 N–H and O–H groups in total. The maximum atomic E-state index is 11.7. The number of likely N-dealkylation sites (N-methyl/N-ethyl adjacent to an activating group) is 1. The van der Waals surface area contributed by atoms with E-state index in [-0.39, 0.29) is 5.91 Å². The molecule has 0 heterocycles. The monoisotopic (exact) mass is 257 g/mol. The second-order valence-electron chi connectivity index (χ2n) is 5.18. The molecule has 5 nitrogen and oxygen atoms in total. The molecule has 1 rings (SSSR count). The lowest BCUT2D eigenvalue weighted by atomic mass is 10.0. The molecular weight excluding hydrogens is 230 g/mol. The predicted molar refractivity (Wildman–Crippen MR) is 72.4 cm³/mol. The van der Waals surface area contributed by atoms with E-state index in [2.05, 4.69) is 17.1 Å². The number of hydrogen-bond donors (Lipinski definition) is 2. The molecule has 0 aliphatic heterocycles. The van der Waals surface area contributed by atoms with Gasteiger partial charge in [0.05, 0.1) is 6.61 Å². The Bertz CT molecular complexity index is 269. The molecule has 1 amide bonds. The summed E-state index contributed by atoms with van der Waals surface area (Å²) in [6.45, 7) is 9.76. The third-order valence-corrected chi connectivity index (χ3v) is 3.39. The van der Waals surface area contributed by atoms with Crippen molar-refractivity contribution in [1.82, 2.24) is 10.2 Å². The van der Waals surface area contributed by atoms with Gasteiger partial charge >= 0.3 is 0 Å². The van der Waals surface area contributed by atoms with Gasteiger partial charge < -0.3 is 10.5 Å². The van der Waals surface area contributed by atoms with E-state index in [1.807, 2.05) is 13.8 Å². The highest BCUT2D eigenvalue weighted by Crippen LogP contribution is 2.23. The number of carbonyl (C=O) groups is 1. The van der Waals surface area contributed by atoms with Crippen LogP contribution in [0.15, 0.2) is 0 Å². The van der Waals surface area contributed by atoms with Gasteiger partial charge in [0.1, 0.15) is 5.54 Å². The average Bonchev–Trinajstić information content (AvgIpc) is 3.11. The maximum Gasteiger partial charge on any atom is 0.238 e. The number of nitrogens with two attached hydrogens (primary N) is 1. The normalized spacial score (nSPS) is 18.9. The third kappa shape index (κ3) is 4.92. The summed E-state index contributed by atoms with van der Waals surface area (Å²) in [7, 11) is 0. The fraction of sp³-hybridized carbons (Fsp3) is 0.923. The van der Waals surface area contributed by atoms with E-state index in [1.54, 1.807) is 0 Å². The number of primary amides is 1. The standard InChI is InChI=1S/C13H27N3O2/c1-4-16(8-9-18-5-2)10-13(3,12(14)17)15-11-6-7-11/h11,15H,4-10H2,1-3H3,(H2,14,17). The van der Waals surface area contributed by atoms with Gasteiger partial charge in [0.25, 0.3) is 0 Å². The molecule has 0 spiro atoms. The van der Waals surface area contributed by atoms with Gasteiger partial charge in [0.2, 0.25) is 5.91 Å². The number of nitrogens with zero attached hydrogens (tertiary/aromatic N) is 1. The summed E-state index contributed by atoms with van der Waals surface area (Å²) < 4.78 is 5.36. The molecule has 1 saturated carbocycles. The van der Waals surface area contributed by atoms with Crippen molar-refractivity contribution in [1.29, 1.82) is 0 Å². The topological polar surface area (TPSA) is 67.6 Å². The minimum absolute atomic E-state index is 0.274. The van der Waals surface area contributed by atoms with E-state index < -0.39 is 5.54 Å². The summed E-state index contributed by atoms with van der Waals surface area (Å²) in [5, 5.41) is 3.36. The summed E-state index contributed by atoms with van der Waals surface area (Å²) in [5.41, 5.74) is 4.91. The van der Waals surface area contributed by atoms with Crippen LogP contribution in [-0.4, -0.2) is 55.2 Å². The molecule has 106 valence electrons. The number of ether oxygens (including phenoxy) is 1.